The third kappa shape index (κ3) is 7.40. The number of rotatable bonds is 9. The number of pyridine rings is 1. The van der Waals surface area contributed by atoms with E-state index in [1.165, 1.54) is 23.8 Å². The van der Waals surface area contributed by atoms with Crippen LogP contribution in [0.4, 0.5) is 10.1 Å². The zero-order chi connectivity index (χ0) is 27.8. The number of hydrogen-bond donors (Lipinski definition) is 1. The van der Waals surface area contributed by atoms with Crippen LogP contribution < -0.4 is 10.1 Å². The molecule has 0 atom stereocenters. The van der Waals surface area contributed by atoms with Crippen LogP contribution in [-0.4, -0.2) is 42.7 Å². The minimum Gasteiger partial charge on any atom is -0.481 e. The first-order chi connectivity index (χ1) is 18.9. The van der Waals surface area contributed by atoms with Crippen LogP contribution in [0.25, 0.3) is 11.1 Å². The van der Waals surface area contributed by atoms with Crippen molar-refractivity contribution >= 4 is 29.9 Å². The summed E-state index contributed by atoms with van der Waals surface area (Å²) in [7, 11) is 1.58. The summed E-state index contributed by atoms with van der Waals surface area (Å²) in [6.45, 7) is 7.80. The fourth-order valence-electron chi connectivity index (χ4n) is 4.70. The van der Waals surface area contributed by atoms with Crippen LogP contribution in [0, 0.1) is 5.82 Å². The number of ether oxygens (including phenoxy) is 1. The molecule has 6 nitrogen and oxygen atoms in total. The Balaban J connectivity index is 1.41. The van der Waals surface area contributed by atoms with Crippen molar-refractivity contribution < 1.29 is 13.9 Å². The number of allylic oxidation sites excluding steroid dienone is 1. The van der Waals surface area contributed by atoms with Crippen LogP contribution in [-0.2, 0) is 11.3 Å². The van der Waals surface area contributed by atoms with E-state index in [9.17, 15) is 9.18 Å². The number of methoxy groups -OCH3 is 1. The molecule has 1 aliphatic rings. The number of nitrogens with zero attached hydrogens (tertiary/aromatic N) is 3. The van der Waals surface area contributed by atoms with Gasteiger partial charge in [-0.2, -0.15) is 0 Å². The predicted molar refractivity (Wildman–Crippen MR) is 156 cm³/mol. The molecule has 0 spiro atoms. The number of nitrogens with one attached hydrogen (secondary N) is 1. The molecule has 1 fully saturated rings. The van der Waals surface area contributed by atoms with Crippen LogP contribution >= 0.6 is 11.6 Å². The van der Waals surface area contributed by atoms with Gasteiger partial charge in [-0.05, 0) is 80.5 Å². The van der Waals surface area contributed by atoms with Crippen molar-refractivity contribution in [3.05, 3.63) is 101 Å². The lowest BCUT2D eigenvalue weighted by molar-refractivity contribution is -0.112. The Hall–Kier alpha value is -3.81. The van der Waals surface area contributed by atoms with Gasteiger partial charge in [0.25, 0.3) is 5.91 Å². The monoisotopic (exact) mass is 546 g/mol. The fraction of sp³-hybridized carbons (Fsp3) is 0.258. The Morgan fingerprint density at radius 1 is 1.13 bits per heavy atom. The molecule has 1 saturated heterocycles. The Labute approximate surface area is 233 Å². The summed E-state index contributed by atoms with van der Waals surface area (Å²) >= 11 is 5.96. The highest BCUT2D eigenvalue weighted by atomic mass is 35.5. The van der Waals surface area contributed by atoms with E-state index in [0.717, 1.165) is 49.3 Å². The average molecular weight is 547 g/mol. The van der Waals surface area contributed by atoms with Gasteiger partial charge >= 0.3 is 0 Å². The highest BCUT2D eigenvalue weighted by molar-refractivity contribution is 6.30. The van der Waals surface area contributed by atoms with Gasteiger partial charge in [0, 0.05) is 24.1 Å². The number of likely N-dealkylation sites (tertiary alicyclic amines) is 1. The zero-order valence-corrected chi connectivity index (χ0v) is 22.9. The van der Waals surface area contributed by atoms with Crippen molar-refractivity contribution in [3.8, 4) is 17.0 Å². The maximum absolute atomic E-state index is 13.2. The molecule has 0 bridgehead atoms. The van der Waals surface area contributed by atoms with Gasteiger partial charge in [0.1, 0.15) is 11.0 Å². The van der Waals surface area contributed by atoms with Gasteiger partial charge in [-0.1, -0.05) is 54.1 Å². The maximum atomic E-state index is 13.2. The van der Waals surface area contributed by atoms with Crippen molar-refractivity contribution in [3.63, 3.8) is 0 Å². The first-order valence-electron chi connectivity index (χ1n) is 12.8. The quantitative estimate of drug-likeness (QED) is 0.137. The molecule has 0 radical (unpaired) electrons. The number of piperidine rings is 1. The molecule has 3 aromatic rings. The van der Waals surface area contributed by atoms with Crippen LogP contribution in [0.1, 0.15) is 36.9 Å². The summed E-state index contributed by atoms with van der Waals surface area (Å²) in [5.41, 5.74) is 5.15. The van der Waals surface area contributed by atoms with Crippen molar-refractivity contribution in [1.29, 1.82) is 0 Å². The molecule has 8 heteroatoms. The molecule has 0 unspecified atom stereocenters. The molecule has 4 rings (SSSR count). The summed E-state index contributed by atoms with van der Waals surface area (Å²) < 4.78 is 18.6. The molecule has 1 amide bonds. The maximum Gasteiger partial charge on any atom is 0.255 e. The normalized spacial score (nSPS) is 15.2. The number of anilines is 1. The molecule has 202 valence electrons. The van der Waals surface area contributed by atoms with Crippen LogP contribution in [0.5, 0.6) is 5.88 Å². The van der Waals surface area contributed by atoms with Gasteiger partial charge in [-0.25, -0.2) is 9.37 Å². The number of aliphatic imine (C=N–C) groups is 1. The number of benzene rings is 2. The van der Waals surface area contributed by atoms with Gasteiger partial charge in [0.15, 0.2) is 0 Å². The van der Waals surface area contributed by atoms with E-state index in [-0.39, 0.29) is 22.8 Å². The van der Waals surface area contributed by atoms with E-state index in [1.54, 1.807) is 38.3 Å². The molecular formula is C31H32ClFN4O2. The summed E-state index contributed by atoms with van der Waals surface area (Å²) in [6.07, 6.45) is 4.95. The van der Waals surface area contributed by atoms with E-state index < -0.39 is 0 Å². The second kappa shape index (κ2) is 13.3. The van der Waals surface area contributed by atoms with Gasteiger partial charge in [-0.15, -0.1) is 0 Å². The molecule has 0 saturated carbocycles. The molecule has 1 aromatic heterocycles. The molecule has 39 heavy (non-hydrogen) atoms. The molecule has 1 N–H and O–H groups in total. The Morgan fingerprint density at radius 2 is 1.77 bits per heavy atom. The van der Waals surface area contributed by atoms with Gasteiger partial charge in [0.2, 0.25) is 5.88 Å². The van der Waals surface area contributed by atoms with Crippen LogP contribution in [0.15, 0.2) is 88.5 Å². The van der Waals surface area contributed by atoms with Gasteiger partial charge in [0.05, 0.1) is 18.5 Å². The van der Waals surface area contributed by atoms with Gasteiger partial charge in [-0.3, -0.25) is 14.7 Å². The SMILES string of the molecule is C=N/C(Cl)=C\C(=C/C)C(=O)Nc1ccc(OC)nc1C1CCN(Cc2ccc(-c3ccc(F)cc3)cc2)CC1. The Kier molecular flexibility index (Phi) is 9.63. The number of halogens is 2. The van der Waals surface area contributed by atoms with E-state index >= 15 is 0 Å². The van der Waals surface area contributed by atoms with Crippen molar-refractivity contribution in [2.24, 2.45) is 4.99 Å². The van der Waals surface area contributed by atoms with E-state index in [0.29, 0.717) is 17.1 Å². The predicted octanol–water partition coefficient (Wildman–Crippen LogP) is 6.94. The topological polar surface area (TPSA) is 66.8 Å². The molecule has 2 heterocycles. The number of carbonyl (C=O) groups excluding carboxylic acids is 1. The molecular weight excluding hydrogens is 515 g/mol. The Morgan fingerprint density at radius 3 is 2.36 bits per heavy atom. The zero-order valence-electron chi connectivity index (χ0n) is 22.2. The van der Waals surface area contributed by atoms with Crippen LogP contribution in [0.2, 0.25) is 0 Å². The lowest BCUT2D eigenvalue weighted by atomic mass is 9.91. The first kappa shape index (κ1) is 28.2. The molecule has 1 aliphatic heterocycles. The lowest BCUT2D eigenvalue weighted by Gasteiger charge is -2.32. The smallest absolute Gasteiger partial charge is 0.255 e. The van der Waals surface area contributed by atoms with Crippen molar-refractivity contribution in [2.45, 2.75) is 32.2 Å². The van der Waals surface area contributed by atoms with Gasteiger partial charge < -0.3 is 10.1 Å². The number of carbonyl (C=O) groups is 1. The standard InChI is InChI=1S/C31H32ClFN4O2/c1-4-22(19-28(32)34-2)31(38)35-27-13-14-29(39-3)36-30(27)25-15-17-37(18-16-25)20-21-5-7-23(8-6-21)24-9-11-26(33)12-10-24/h4-14,19,25H,2,15-18,20H2,1,3H3,(H,35,38)/b22-4+,28-19-. The number of hydrogen-bond acceptors (Lipinski definition) is 5. The van der Waals surface area contributed by atoms with Crippen LogP contribution in [0.3, 0.4) is 0 Å². The van der Waals surface area contributed by atoms with E-state index in [1.807, 2.05) is 6.07 Å². The third-order valence-corrected chi connectivity index (χ3v) is 7.10. The van der Waals surface area contributed by atoms with Crippen molar-refractivity contribution in [1.82, 2.24) is 9.88 Å². The average Bonchev–Trinajstić information content (AvgIpc) is 2.97. The lowest BCUT2D eigenvalue weighted by Crippen LogP contribution is -2.33. The summed E-state index contributed by atoms with van der Waals surface area (Å²) in [5, 5.41) is 3.13. The first-order valence-corrected chi connectivity index (χ1v) is 13.2. The van der Waals surface area contributed by atoms with E-state index in [4.69, 9.17) is 21.3 Å². The Bertz CT molecular complexity index is 1360. The highest BCUT2D eigenvalue weighted by Gasteiger charge is 2.25. The number of aromatic nitrogens is 1. The van der Waals surface area contributed by atoms with Crippen molar-refractivity contribution in [2.75, 3.05) is 25.5 Å². The van der Waals surface area contributed by atoms with E-state index in [2.05, 4.69) is 46.2 Å². The third-order valence-electron chi connectivity index (χ3n) is 6.87. The summed E-state index contributed by atoms with van der Waals surface area (Å²) in [5.74, 6) is 0.157. The summed E-state index contributed by atoms with van der Waals surface area (Å²) in [4.78, 5) is 23.7. The molecule has 0 aliphatic carbocycles. The largest absolute Gasteiger partial charge is 0.481 e. The second-order valence-corrected chi connectivity index (χ2v) is 9.75. The molecule has 2 aromatic carbocycles. The highest BCUT2D eigenvalue weighted by Crippen LogP contribution is 2.34. The minimum absolute atomic E-state index is 0.142. The second-order valence-electron chi connectivity index (χ2n) is 9.36. The fourth-order valence-corrected chi connectivity index (χ4v) is 4.82. The minimum atomic E-state index is -0.297. The number of amides is 1. The summed E-state index contributed by atoms with van der Waals surface area (Å²) in [6, 6.07) is 18.5.